The van der Waals surface area contributed by atoms with E-state index >= 15 is 0 Å². The summed E-state index contributed by atoms with van der Waals surface area (Å²) in [5, 5.41) is 0. The number of allylic oxidation sites excluding steroid dienone is 1. The van der Waals surface area contributed by atoms with Gasteiger partial charge in [-0.2, -0.15) is 0 Å². The highest BCUT2D eigenvalue weighted by molar-refractivity contribution is 5.33. The molecule has 0 aliphatic rings. The van der Waals surface area contributed by atoms with Gasteiger partial charge in [-0.25, -0.2) is 0 Å². The Labute approximate surface area is 87.7 Å². The number of benzene rings is 1. The van der Waals surface area contributed by atoms with Gasteiger partial charge >= 0.3 is 0 Å². The van der Waals surface area contributed by atoms with Gasteiger partial charge in [0.15, 0.2) is 0 Å². The molecule has 0 nitrogen and oxygen atoms in total. The first kappa shape index (κ1) is 11.0. The number of hydrogen-bond acceptors (Lipinski definition) is 0. The lowest BCUT2D eigenvalue weighted by atomic mass is 9.73. The normalized spacial score (nSPS) is 15.2. The van der Waals surface area contributed by atoms with Crippen LogP contribution in [-0.2, 0) is 5.41 Å². The van der Waals surface area contributed by atoms with E-state index in [2.05, 4.69) is 64.6 Å². The van der Waals surface area contributed by atoms with Crippen molar-refractivity contribution in [3.8, 4) is 0 Å². The number of hydrogen-bond donors (Lipinski definition) is 0. The van der Waals surface area contributed by atoms with Gasteiger partial charge in [0.05, 0.1) is 0 Å². The molecule has 0 aliphatic carbocycles. The molecule has 14 heavy (non-hydrogen) atoms. The molecule has 0 saturated heterocycles. The Morgan fingerprint density at radius 3 is 2.43 bits per heavy atom. The van der Waals surface area contributed by atoms with E-state index in [0.717, 1.165) is 0 Å². The van der Waals surface area contributed by atoms with Crippen molar-refractivity contribution in [1.29, 1.82) is 0 Å². The molecule has 0 heterocycles. The molecule has 0 aliphatic heterocycles. The summed E-state index contributed by atoms with van der Waals surface area (Å²) in [5.41, 5.74) is 2.77. The molecule has 1 atom stereocenters. The van der Waals surface area contributed by atoms with Gasteiger partial charge in [0.1, 0.15) is 0 Å². The quantitative estimate of drug-likeness (QED) is 0.627. The average Bonchev–Trinajstić information content (AvgIpc) is 2.16. The molecule has 76 valence electrons. The van der Waals surface area contributed by atoms with Crippen molar-refractivity contribution in [3.63, 3.8) is 0 Å². The second kappa shape index (κ2) is 4.00. The Balaban J connectivity index is 3.19. The van der Waals surface area contributed by atoms with Crippen LogP contribution in [0, 0.1) is 12.8 Å². The van der Waals surface area contributed by atoms with E-state index < -0.39 is 0 Å². The van der Waals surface area contributed by atoms with E-state index in [-0.39, 0.29) is 5.41 Å². The third kappa shape index (κ3) is 1.89. The van der Waals surface area contributed by atoms with Crippen molar-refractivity contribution < 1.29 is 0 Å². The molecule has 0 amide bonds. The van der Waals surface area contributed by atoms with E-state index in [1.54, 1.807) is 0 Å². The van der Waals surface area contributed by atoms with Crippen LogP contribution in [0.4, 0.5) is 0 Å². The Morgan fingerprint density at radius 1 is 1.36 bits per heavy atom. The summed E-state index contributed by atoms with van der Waals surface area (Å²) in [4.78, 5) is 0. The molecule has 1 rings (SSSR count). The highest BCUT2D eigenvalue weighted by Crippen LogP contribution is 2.33. The Morgan fingerprint density at radius 2 is 2.00 bits per heavy atom. The summed E-state index contributed by atoms with van der Waals surface area (Å²) in [7, 11) is 0. The molecule has 0 heteroatoms. The predicted octanol–water partition coefficient (Wildman–Crippen LogP) is 4.09. The van der Waals surface area contributed by atoms with Crippen molar-refractivity contribution in [2.24, 2.45) is 5.92 Å². The molecule has 0 unspecified atom stereocenters. The van der Waals surface area contributed by atoms with Gasteiger partial charge in [0, 0.05) is 5.41 Å². The van der Waals surface area contributed by atoms with E-state index in [4.69, 9.17) is 0 Å². The minimum atomic E-state index is 0.0893. The van der Waals surface area contributed by atoms with Gasteiger partial charge in [-0.05, 0) is 18.4 Å². The van der Waals surface area contributed by atoms with Crippen LogP contribution < -0.4 is 0 Å². The zero-order chi connectivity index (χ0) is 10.8. The Kier molecular flexibility index (Phi) is 3.15. The molecule has 0 radical (unpaired) electrons. The van der Waals surface area contributed by atoms with E-state index in [1.165, 1.54) is 11.1 Å². The summed E-state index contributed by atoms with van der Waals surface area (Å²) in [6, 6.07) is 8.69. The molecule has 0 spiro atoms. The molecule has 0 bridgehead atoms. The van der Waals surface area contributed by atoms with Crippen LogP contribution in [0.2, 0.25) is 0 Å². The zero-order valence-corrected chi connectivity index (χ0v) is 9.67. The largest absolute Gasteiger partial charge is 0.102 e. The van der Waals surface area contributed by atoms with Crippen LogP contribution in [-0.4, -0.2) is 0 Å². The standard InChI is InChI=1S/C14H20/c1-6-14(5,11(2)3)13-9-7-8-12(4)10-13/h6-11H,1H2,2-5H3/t14-/m0/s1. The van der Waals surface area contributed by atoms with Gasteiger partial charge in [-0.15, -0.1) is 6.58 Å². The fourth-order valence-corrected chi connectivity index (χ4v) is 1.67. The van der Waals surface area contributed by atoms with Gasteiger partial charge < -0.3 is 0 Å². The molecule has 1 aromatic rings. The second-order valence-corrected chi connectivity index (χ2v) is 4.51. The lowest BCUT2D eigenvalue weighted by molar-refractivity contribution is 0.421. The van der Waals surface area contributed by atoms with Crippen LogP contribution in [0.1, 0.15) is 31.9 Å². The predicted molar refractivity (Wildman–Crippen MR) is 63.6 cm³/mol. The molecular formula is C14H20. The minimum Gasteiger partial charge on any atom is -0.102 e. The lowest BCUT2D eigenvalue weighted by Gasteiger charge is -2.31. The van der Waals surface area contributed by atoms with Crippen LogP contribution in [0.5, 0.6) is 0 Å². The van der Waals surface area contributed by atoms with Crippen molar-refractivity contribution >= 4 is 0 Å². The molecule has 0 aromatic heterocycles. The van der Waals surface area contributed by atoms with E-state index in [9.17, 15) is 0 Å². The SMILES string of the molecule is C=C[C@](C)(c1cccc(C)c1)C(C)C. The maximum atomic E-state index is 3.96. The Hall–Kier alpha value is -1.04. The highest BCUT2D eigenvalue weighted by Gasteiger charge is 2.26. The van der Waals surface area contributed by atoms with Crippen LogP contribution in [0.3, 0.4) is 0 Å². The highest BCUT2D eigenvalue weighted by atomic mass is 14.3. The maximum absolute atomic E-state index is 3.96. The summed E-state index contributed by atoms with van der Waals surface area (Å²) in [6.45, 7) is 12.8. The van der Waals surface area contributed by atoms with Crippen LogP contribution in [0.25, 0.3) is 0 Å². The van der Waals surface area contributed by atoms with Gasteiger partial charge in [-0.1, -0.05) is 56.7 Å². The summed E-state index contributed by atoms with van der Waals surface area (Å²) >= 11 is 0. The molecule has 0 fully saturated rings. The van der Waals surface area contributed by atoms with Crippen LogP contribution in [0.15, 0.2) is 36.9 Å². The summed E-state index contributed by atoms with van der Waals surface area (Å²) < 4.78 is 0. The van der Waals surface area contributed by atoms with Gasteiger partial charge in [-0.3, -0.25) is 0 Å². The average molecular weight is 188 g/mol. The summed E-state index contributed by atoms with van der Waals surface area (Å²) in [6.07, 6.45) is 2.06. The third-order valence-corrected chi connectivity index (χ3v) is 3.26. The van der Waals surface area contributed by atoms with Crippen molar-refractivity contribution in [3.05, 3.63) is 48.0 Å². The zero-order valence-electron chi connectivity index (χ0n) is 9.67. The van der Waals surface area contributed by atoms with E-state index in [0.29, 0.717) is 5.92 Å². The Bertz CT molecular complexity index is 323. The first-order valence-electron chi connectivity index (χ1n) is 5.21. The monoisotopic (exact) mass is 188 g/mol. The maximum Gasteiger partial charge on any atom is 0.0124 e. The molecule has 0 N–H and O–H groups in total. The first-order chi connectivity index (χ1) is 6.50. The van der Waals surface area contributed by atoms with E-state index in [1.807, 2.05) is 0 Å². The second-order valence-electron chi connectivity index (χ2n) is 4.51. The number of rotatable bonds is 3. The van der Waals surface area contributed by atoms with Gasteiger partial charge in [0.25, 0.3) is 0 Å². The smallest absolute Gasteiger partial charge is 0.0124 e. The van der Waals surface area contributed by atoms with Crippen LogP contribution >= 0.6 is 0 Å². The molecule has 0 saturated carbocycles. The van der Waals surface area contributed by atoms with Gasteiger partial charge in [0.2, 0.25) is 0 Å². The molecule has 1 aromatic carbocycles. The molecular weight excluding hydrogens is 168 g/mol. The fraction of sp³-hybridized carbons (Fsp3) is 0.429. The first-order valence-corrected chi connectivity index (χ1v) is 5.21. The van der Waals surface area contributed by atoms with Crippen molar-refractivity contribution in [2.75, 3.05) is 0 Å². The summed E-state index contributed by atoms with van der Waals surface area (Å²) in [5.74, 6) is 0.571. The number of aryl methyl sites for hydroxylation is 1. The fourth-order valence-electron chi connectivity index (χ4n) is 1.67. The van der Waals surface area contributed by atoms with Crippen molar-refractivity contribution in [2.45, 2.75) is 33.1 Å². The topological polar surface area (TPSA) is 0 Å². The lowest BCUT2D eigenvalue weighted by Crippen LogP contribution is -2.25. The minimum absolute atomic E-state index is 0.0893. The third-order valence-electron chi connectivity index (χ3n) is 3.26. The van der Waals surface area contributed by atoms with Crippen molar-refractivity contribution in [1.82, 2.24) is 0 Å².